The number of hydrogen-bond acceptors (Lipinski definition) is 5. The van der Waals surface area contributed by atoms with Crippen LogP contribution in [0.3, 0.4) is 0 Å². The molecule has 0 radical (unpaired) electrons. The molecule has 5 heteroatoms. The molecular formula is C21H24N2O2S. The third-order valence-electron chi connectivity index (χ3n) is 4.03. The summed E-state index contributed by atoms with van der Waals surface area (Å²) >= 11 is 1.69. The highest BCUT2D eigenvalue weighted by molar-refractivity contribution is 7.10. The van der Waals surface area contributed by atoms with Crippen molar-refractivity contribution in [3.63, 3.8) is 0 Å². The second kappa shape index (κ2) is 9.48. The monoisotopic (exact) mass is 368 g/mol. The van der Waals surface area contributed by atoms with Crippen LogP contribution in [0.15, 0.2) is 60.0 Å². The molecular weight excluding hydrogens is 344 g/mol. The molecule has 0 amide bonds. The summed E-state index contributed by atoms with van der Waals surface area (Å²) in [6.45, 7) is 4.06. The van der Waals surface area contributed by atoms with E-state index in [9.17, 15) is 0 Å². The van der Waals surface area contributed by atoms with Crippen LogP contribution in [0.25, 0.3) is 11.3 Å². The summed E-state index contributed by atoms with van der Waals surface area (Å²) in [7, 11) is 1.67. The van der Waals surface area contributed by atoms with E-state index in [1.165, 1.54) is 5.56 Å². The lowest BCUT2D eigenvalue weighted by molar-refractivity contribution is 0.146. The first-order valence-electron chi connectivity index (χ1n) is 8.71. The van der Waals surface area contributed by atoms with Gasteiger partial charge in [-0.2, -0.15) is 0 Å². The predicted molar refractivity (Wildman–Crippen MR) is 107 cm³/mol. The van der Waals surface area contributed by atoms with Crippen molar-refractivity contribution in [1.82, 2.24) is 10.3 Å². The summed E-state index contributed by atoms with van der Waals surface area (Å²) < 4.78 is 10.7. The molecule has 1 atom stereocenters. The Labute approximate surface area is 158 Å². The Hall–Kier alpha value is -2.21. The van der Waals surface area contributed by atoms with Gasteiger partial charge in [0.05, 0.1) is 18.3 Å². The van der Waals surface area contributed by atoms with Crippen molar-refractivity contribution in [2.45, 2.75) is 19.5 Å². The Morgan fingerprint density at radius 2 is 1.92 bits per heavy atom. The summed E-state index contributed by atoms with van der Waals surface area (Å²) in [6.07, 6.45) is 0. The zero-order chi connectivity index (χ0) is 18.2. The molecule has 0 bridgehead atoms. The van der Waals surface area contributed by atoms with E-state index < -0.39 is 0 Å². The van der Waals surface area contributed by atoms with E-state index in [-0.39, 0.29) is 6.04 Å². The number of hydrogen-bond donors (Lipinski definition) is 1. The lowest BCUT2D eigenvalue weighted by Crippen LogP contribution is -2.18. The van der Waals surface area contributed by atoms with Crippen molar-refractivity contribution in [3.05, 3.63) is 70.5 Å². The number of ether oxygens (including phenoxy) is 2. The number of methoxy groups -OCH3 is 1. The van der Waals surface area contributed by atoms with Gasteiger partial charge in [0.2, 0.25) is 0 Å². The molecule has 0 aliphatic rings. The van der Waals surface area contributed by atoms with Gasteiger partial charge < -0.3 is 14.8 Å². The Bertz CT molecular complexity index is 805. The fourth-order valence-electron chi connectivity index (χ4n) is 2.57. The molecule has 4 nitrogen and oxygen atoms in total. The molecule has 1 heterocycles. The first-order chi connectivity index (χ1) is 12.8. The number of benzene rings is 2. The number of rotatable bonds is 9. The molecule has 1 aromatic heterocycles. The average Bonchev–Trinajstić information content (AvgIpc) is 3.18. The van der Waals surface area contributed by atoms with Gasteiger partial charge in [0.25, 0.3) is 0 Å². The minimum absolute atomic E-state index is 0.190. The van der Waals surface area contributed by atoms with Gasteiger partial charge >= 0.3 is 0 Å². The standard InChI is InChI=1S/C21H24N2O2S/c1-16(21-23-20(15-26-21)18-8-4-3-5-9-18)22-14-17-7-6-10-19(13-17)25-12-11-24-2/h3-10,13,15-16,22H,11-12,14H2,1-2H3. The second-order valence-corrected chi connectivity index (χ2v) is 6.92. The topological polar surface area (TPSA) is 43.4 Å². The number of nitrogens with zero attached hydrogens (tertiary/aromatic N) is 1. The van der Waals surface area contributed by atoms with Crippen LogP contribution >= 0.6 is 11.3 Å². The maximum atomic E-state index is 5.67. The van der Waals surface area contributed by atoms with Crippen molar-refractivity contribution in [1.29, 1.82) is 0 Å². The third-order valence-corrected chi connectivity index (χ3v) is 5.06. The molecule has 1 N–H and O–H groups in total. The summed E-state index contributed by atoms with van der Waals surface area (Å²) in [5, 5.41) is 6.75. The van der Waals surface area contributed by atoms with Gasteiger partial charge in [0.15, 0.2) is 0 Å². The highest BCUT2D eigenvalue weighted by atomic mass is 32.1. The summed E-state index contributed by atoms with van der Waals surface area (Å²) in [5.41, 5.74) is 3.38. The van der Waals surface area contributed by atoms with Crippen molar-refractivity contribution < 1.29 is 9.47 Å². The van der Waals surface area contributed by atoms with Crippen molar-refractivity contribution >= 4 is 11.3 Å². The first kappa shape index (κ1) is 18.6. The van der Waals surface area contributed by atoms with E-state index in [2.05, 4.69) is 41.9 Å². The van der Waals surface area contributed by atoms with E-state index in [1.54, 1.807) is 18.4 Å². The molecule has 3 rings (SSSR count). The molecule has 0 fully saturated rings. The van der Waals surface area contributed by atoms with E-state index in [4.69, 9.17) is 14.5 Å². The number of thiazole rings is 1. The van der Waals surface area contributed by atoms with Crippen LogP contribution in [0.5, 0.6) is 5.75 Å². The minimum Gasteiger partial charge on any atom is -0.491 e. The smallest absolute Gasteiger partial charge is 0.119 e. The van der Waals surface area contributed by atoms with Gasteiger partial charge in [0.1, 0.15) is 17.4 Å². The molecule has 26 heavy (non-hydrogen) atoms. The Morgan fingerprint density at radius 3 is 2.73 bits per heavy atom. The molecule has 3 aromatic rings. The maximum Gasteiger partial charge on any atom is 0.119 e. The van der Waals surface area contributed by atoms with Crippen LogP contribution in [0.4, 0.5) is 0 Å². The number of nitrogens with one attached hydrogen (secondary N) is 1. The molecule has 1 unspecified atom stereocenters. The molecule has 0 saturated carbocycles. The van der Waals surface area contributed by atoms with E-state index in [1.807, 2.05) is 30.3 Å². The maximum absolute atomic E-state index is 5.67. The predicted octanol–water partition coefficient (Wildman–Crippen LogP) is 4.69. The van der Waals surface area contributed by atoms with E-state index in [0.717, 1.165) is 28.6 Å². The quantitative estimate of drug-likeness (QED) is 0.557. The van der Waals surface area contributed by atoms with Gasteiger partial charge in [-0.3, -0.25) is 0 Å². The summed E-state index contributed by atoms with van der Waals surface area (Å²) in [4.78, 5) is 4.78. The van der Waals surface area contributed by atoms with Gasteiger partial charge in [0, 0.05) is 24.6 Å². The molecule has 0 saturated heterocycles. The third kappa shape index (κ3) is 5.14. The second-order valence-electron chi connectivity index (χ2n) is 6.03. The van der Waals surface area contributed by atoms with Crippen LogP contribution in [0.2, 0.25) is 0 Å². The molecule has 136 valence electrons. The normalized spacial score (nSPS) is 12.1. The van der Waals surface area contributed by atoms with Crippen LogP contribution < -0.4 is 10.1 Å². The Morgan fingerprint density at radius 1 is 1.08 bits per heavy atom. The van der Waals surface area contributed by atoms with Crippen LogP contribution in [0.1, 0.15) is 23.5 Å². The summed E-state index contributed by atoms with van der Waals surface area (Å²) in [5.74, 6) is 0.870. The van der Waals surface area contributed by atoms with E-state index >= 15 is 0 Å². The lowest BCUT2D eigenvalue weighted by Gasteiger charge is -2.12. The molecule has 0 spiro atoms. The summed E-state index contributed by atoms with van der Waals surface area (Å²) in [6, 6.07) is 18.6. The molecule has 2 aromatic carbocycles. The lowest BCUT2D eigenvalue weighted by atomic mass is 10.2. The fraction of sp³-hybridized carbons (Fsp3) is 0.286. The first-order valence-corrected chi connectivity index (χ1v) is 9.59. The van der Waals surface area contributed by atoms with E-state index in [0.29, 0.717) is 13.2 Å². The zero-order valence-electron chi connectivity index (χ0n) is 15.1. The van der Waals surface area contributed by atoms with Crippen LogP contribution in [0, 0.1) is 0 Å². The number of aromatic nitrogens is 1. The Kier molecular flexibility index (Phi) is 6.77. The highest BCUT2D eigenvalue weighted by Gasteiger charge is 2.11. The average molecular weight is 369 g/mol. The van der Waals surface area contributed by atoms with Gasteiger partial charge in [-0.15, -0.1) is 11.3 Å². The van der Waals surface area contributed by atoms with Crippen molar-refractivity contribution in [3.8, 4) is 17.0 Å². The molecule has 0 aliphatic carbocycles. The van der Waals surface area contributed by atoms with Crippen molar-refractivity contribution in [2.24, 2.45) is 0 Å². The minimum atomic E-state index is 0.190. The highest BCUT2D eigenvalue weighted by Crippen LogP contribution is 2.25. The van der Waals surface area contributed by atoms with Gasteiger partial charge in [-0.05, 0) is 24.6 Å². The SMILES string of the molecule is COCCOc1cccc(CNC(C)c2nc(-c3ccccc3)cs2)c1. The zero-order valence-corrected chi connectivity index (χ0v) is 16.0. The fourth-order valence-corrected chi connectivity index (χ4v) is 3.43. The van der Waals surface area contributed by atoms with Crippen molar-refractivity contribution in [2.75, 3.05) is 20.3 Å². The Balaban J connectivity index is 1.56. The van der Waals surface area contributed by atoms with Gasteiger partial charge in [-0.1, -0.05) is 42.5 Å². The van der Waals surface area contributed by atoms with Crippen LogP contribution in [-0.4, -0.2) is 25.3 Å². The largest absolute Gasteiger partial charge is 0.491 e. The molecule has 0 aliphatic heterocycles. The van der Waals surface area contributed by atoms with Crippen LogP contribution in [-0.2, 0) is 11.3 Å². The van der Waals surface area contributed by atoms with Gasteiger partial charge in [-0.25, -0.2) is 4.98 Å².